The Morgan fingerprint density at radius 2 is 1.31 bits per heavy atom. The smallest absolute Gasteiger partial charge is 0.343 e. The van der Waals surface area contributed by atoms with Crippen LogP contribution in [0.25, 0.3) is 0 Å². The van der Waals surface area contributed by atoms with E-state index in [0.29, 0.717) is 5.12 Å². The van der Waals surface area contributed by atoms with Crippen LogP contribution in [0.2, 0.25) is 0 Å². The third kappa shape index (κ3) is 3.20. The van der Waals surface area contributed by atoms with E-state index in [1.54, 1.807) is 25.7 Å². The van der Waals surface area contributed by atoms with Crippen LogP contribution in [0.4, 0.5) is 4.79 Å². The number of rotatable bonds is 0. The molecule has 6 N–H and O–H groups in total. The molecule has 0 spiro atoms. The maximum absolute atomic E-state index is 9.60. The minimum Gasteiger partial charge on any atom is -0.349 e. The molecule has 5 heteroatoms. The molecule has 78 valence electrons. The third-order valence-electron chi connectivity index (χ3n) is 2.74. The minimum atomic E-state index is -0.852. The summed E-state index contributed by atoms with van der Waals surface area (Å²) in [7, 11) is 0. The Balaban J connectivity index is 0.000000206. The Labute approximate surface area is 79.2 Å². The first-order valence-electron chi connectivity index (χ1n) is 4.20. The number of carbonyl (C=O) groups is 1. The number of fused-ring (bicyclic) bond motifs is 1. The van der Waals surface area contributed by atoms with Gasteiger partial charge in [-0.15, -0.1) is 0 Å². The van der Waals surface area contributed by atoms with Crippen LogP contribution < -0.4 is 17.4 Å². The number of primary amides is 1. The molecular formula is C8H20N4O. The molecule has 0 heterocycles. The Kier molecular flexibility index (Phi) is 4.72. The second kappa shape index (κ2) is 5.04. The van der Waals surface area contributed by atoms with Gasteiger partial charge in [0.1, 0.15) is 0 Å². The van der Waals surface area contributed by atoms with Crippen LogP contribution in [0.5, 0.6) is 0 Å². The molecule has 2 rings (SSSR count). The second-order valence-corrected chi connectivity index (χ2v) is 3.42. The van der Waals surface area contributed by atoms with Gasteiger partial charge >= 0.3 is 6.03 Å². The van der Waals surface area contributed by atoms with E-state index in [-0.39, 0.29) is 7.43 Å². The van der Waals surface area contributed by atoms with Crippen molar-refractivity contribution < 1.29 is 4.79 Å². The van der Waals surface area contributed by atoms with Crippen LogP contribution in [0, 0.1) is 11.8 Å². The van der Waals surface area contributed by atoms with Crippen LogP contribution >= 0.6 is 0 Å². The van der Waals surface area contributed by atoms with Crippen molar-refractivity contribution in [3.05, 3.63) is 0 Å². The normalized spacial score (nSPS) is 27.5. The van der Waals surface area contributed by atoms with Crippen molar-refractivity contribution in [2.45, 2.75) is 33.1 Å². The SMILES string of the molecule is C.C1CC2CCC12.NC(=O)N(N)N. The molecule has 0 aromatic heterocycles. The summed E-state index contributed by atoms with van der Waals surface area (Å²) in [5.41, 5.74) is 4.47. The second-order valence-electron chi connectivity index (χ2n) is 3.42. The summed E-state index contributed by atoms with van der Waals surface area (Å²) in [6.45, 7) is 0. The van der Waals surface area contributed by atoms with Crippen LogP contribution in [0.1, 0.15) is 33.1 Å². The fraction of sp³-hybridized carbons (Fsp3) is 0.875. The van der Waals surface area contributed by atoms with Crippen molar-refractivity contribution in [3.63, 3.8) is 0 Å². The lowest BCUT2D eigenvalue weighted by atomic mass is 9.60. The molecule has 0 radical (unpaired) electrons. The predicted molar refractivity (Wildman–Crippen MR) is 52.0 cm³/mol. The van der Waals surface area contributed by atoms with E-state index in [4.69, 9.17) is 0 Å². The van der Waals surface area contributed by atoms with Crippen LogP contribution in [-0.2, 0) is 0 Å². The molecule has 0 atom stereocenters. The summed E-state index contributed by atoms with van der Waals surface area (Å²) in [5.74, 6) is 11.6. The van der Waals surface area contributed by atoms with Gasteiger partial charge in [-0.05, 0) is 37.5 Å². The Bertz CT molecular complexity index is 154. The quantitative estimate of drug-likeness (QED) is 0.294. The van der Waals surface area contributed by atoms with E-state index in [1.807, 2.05) is 0 Å². The molecule has 2 fully saturated rings. The van der Waals surface area contributed by atoms with E-state index in [9.17, 15) is 4.79 Å². The van der Waals surface area contributed by atoms with Crippen molar-refractivity contribution in [1.82, 2.24) is 5.12 Å². The maximum atomic E-state index is 9.60. The Morgan fingerprint density at radius 1 is 1.08 bits per heavy atom. The largest absolute Gasteiger partial charge is 0.349 e. The molecule has 2 aliphatic rings. The highest BCUT2D eigenvalue weighted by Gasteiger charge is 2.37. The van der Waals surface area contributed by atoms with Crippen LogP contribution in [-0.4, -0.2) is 11.1 Å². The van der Waals surface area contributed by atoms with Crippen molar-refractivity contribution in [1.29, 1.82) is 0 Å². The maximum Gasteiger partial charge on any atom is 0.343 e. The first-order chi connectivity index (χ1) is 5.61. The summed E-state index contributed by atoms with van der Waals surface area (Å²) in [6.07, 6.45) is 6.24. The van der Waals surface area contributed by atoms with Gasteiger partial charge in [-0.25, -0.2) is 16.5 Å². The molecule has 0 aromatic rings. The summed E-state index contributed by atoms with van der Waals surface area (Å²) in [5, 5.41) is 0.306. The van der Waals surface area contributed by atoms with Gasteiger partial charge in [-0.1, -0.05) is 7.43 Å². The highest BCUT2D eigenvalue weighted by atomic mass is 16.2. The van der Waals surface area contributed by atoms with Gasteiger partial charge in [0.15, 0.2) is 0 Å². The van der Waals surface area contributed by atoms with Crippen molar-refractivity contribution >= 4 is 6.03 Å². The monoisotopic (exact) mass is 188 g/mol. The number of hydrazine groups is 2. The third-order valence-corrected chi connectivity index (χ3v) is 2.74. The predicted octanol–water partition coefficient (Wildman–Crippen LogP) is 0.557. The van der Waals surface area contributed by atoms with E-state index in [1.165, 1.54) is 11.8 Å². The van der Waals surface area contributed by atoms with Crippen LogP contribution in [0.15, 0.2) is 0 Å². The molecule has 2 saturated carbocycles. The van der Waals surface area contributed by atoms with Crippen molar-refractivity contribution in [2.75, 3.05) is 0 Å². The summed E-state index contributed by atoms with van der Waals surface area (Å²) in [4.78, 5) is 9.60. The lowest BCUT2D eigenvalue weighted by Crippen LogP contribution is -2.46. The van der Waals surface area contributed by atoms with Gasteiger partial charge in [0.2, 0.25) is 0 Å². The molecule has 2 aliphatic carbocycles. The number of hydrogen-bond acceptors (Lipinski definition) is 3. The molecule has 0 saturated heterocycles. The van der Waals surface area contributed by atoms with Gasteiger partial charge in [0.05, 0.1) is 0 Å². The van der Waals surface area contributed by atoms with Gasteiger partial charge in [0, 0.05) is 0 Å². The van der Waals surface area contributed by atoms with Crippen molar-refractivity contribution in [2.24, 2.45) is 29.3 Å². The number of carbonyl (C=O) groups excluding carboxylic acids is 1. The zero-order chi connectivity index (χ0) is 9.14. The van der Waals surface area contributed by atoms with Gasteiger partial charge in [-0.3, -0.25) is 0 Å². The number of hydrogen-bond donors (Lipinski definition) is 3. The van der Waals surface area contributed by atoms with Crippen LogP contribution in [0.3, 0.4) is 0 Å². The lowest BCUT2D eigenvalue weighted by molar-refractivity contribution is 0.0548. The number of nitrogens with two attached hydrogens (primary N) is 3. The molecule has 13 heavy (non-hydrogen) atoms. The molecule has 0 bridgehead atoms. The van der Waals surface area contributed by atoms with E-state index < -0.39 is 6.03 Å². The zero-order valence-electron chi connectivity index (χ0n) is 7.07. The van der Waals surface area contributed by atoms with E-state index in [2.05, 4.69) is 17.4 Å². The molecule has 0 unspecified atom stereocenters. The van der Waals surface area contributed by atoms with Gasteiger partial charge < -0.3 is 5.73 Å². The van der Waals surface area contributed by atoms with E-state index >= 15 is 0 Å². The average Bonchev–Trinajstić information content (AvgIpc) is 1.97. The number of nitrogens with zero attached hydrogens (tertiary/aromatic N) is 1. The standard InChI is InChI=1S/C6H10.CH6N4O.CH4/c1-2-6-4-3-5(1)6;2-1(6)5(3)4;/h5-6H,1-4H2;3-4H2,(H2,2,6);1H4. The van der Waals surface area contributed by atoms with Gasteiger partial charge in [-0.2, -0.15) is 5.12 Å². The summed E-state index contributed by atoms with van der Waals surface area (Å²) >= 11 is 0. The first kappa shape index (κ1) is 12.2. The van der Waals surface area contributed by atoms with Gasteiger partial charge in [0.25, 0.3) is 0 Å². The van der Waals surface area contributed by atoms with Crippen molar-refractivity contribution in [3.8, 4) is 0 Å². The molecule has 0 aliphatic heterocycles. The van der Waals surface area contributed by atoms with E-state index in [0.717, 1.165) is 0 Å². The molecule has 2 amide bonds. The number of amides is 2. The highest BCUT2D eigenvalue weighted by molar-refractivity contribution is 5.70. The fourth-order valence-corrected chi connectivity index (χ4v) is 1.56. The topological polar surface area (TPSA) is 98.4 Å². The summed E-state index contributed by atoms with van der Waals surface area (Å²) in [6, 6.07) is -0.852. The molecule has 5 nitrogen and oxygen atoms in total. The lowest BCUT2D eigenvalue weighted by Gasteiger charge is -2.46. The molecule has 0 aromatic carbocycles. The number of urea groups is 1. The zero-order valence-corrected chi connectivity index (χ0v) is 7.07. The first-order valence-corrected chi connectivity index (χ1v) is 4.20. The Morgan fingerprint density at radius 3 is 1.31 bits per heavy atom. The minimum absolute atomic E-state index is 0. The fourth-order valence-electron chi connectivity index (χ4n) is 1.56. The Hall–Kier alpha value is -0.810. The summed E-state index contributed by atoms with van der Waals surface area (Å²) < 4.78 is 0. The molecular weight excluding hydrogens is 168 g/mol. The highest BCUT2D eigenvalue weighted by Crippen LogP contribution is 2.49. The average molecular weight is 188 g/mol.